The van der Waals surface area contributed by atoms with Gasteiger partial charge >= 0.3 is 0 Å². The van der Waals surface area contributed by atoms with Crippen molar-refractivity contribution in [3.8, 4) is 11.5 Å². The molecular weight excluding hydrogens is 220 g/mol. The molecule has 1 rings (SSSR count). The number of hydrogen-bond donors (Lipinski definition) is 1. The number of ether oxygens (including phenoxy) is 2. The molecule has 0 unspecified atom stereocenters. The Morgan fingerprint density at radius 3 is 2.29 bits per heavy atom. The van der Waals surface area contributed by atoms with E-state index in [0.717, 1.165) is 17.9 Å². The van der Waals surface area contributed by atoms with E-state index in [0.29, 0.717) is 0 Å². The first-order valence-electron chi connectivity index (χ1n) is 5.52. The summed E-state index contributed by atoms with van der Waals surface area (Å²) in [5, 5.41) is 6.89. The van der Waals surface area contributed by atoms with Crippen LogP contribution in [0.15, 0.2) is 18.2 Å². The monoisotopic (exact) mass is 240 g/mol. The van der Waals surface area contributed by atoms with Crippen LogP contribution in [0, 0.1) is 0 Å². The van der Waals surface area contributed by atoms with Crippen LogP contribution < -0.4 is 9.47 Å². The van der Waals surface area contributed by atoms with Gasteiger partial charge in [-0.2, -0.15) is 0 Å². The Labute approximate surface area is 102 Å². The highest BCUT2D eigenvalue weighted by Crippen LogP contribution is 2.27. The summed E-state index contributed by atoms with van der Waals surface area (Å²) < 4.78 is 10.4. The van der Waals surface area contributed by atoms with Gasteiger partial charge in [0.25, 0.3) is 6.47 Å². The summed E-state index contributed by atoms with van der Waals surface area (Å²) in [6.45, 7) is 1.95. The molecule has 0 aromatic heterocycles. The van der Waals surface area contributed by atoms with Crippen molar-refractivity contribution in [2.24, 2.45) is 0 Å². The van der Waals surface area contributed by atoms with Crippen molar-refractivity contribution in [3.63, 3.8) is 0 Å². The largest absolute Gasteiger partial charge is 0.493 e. The Kier molecular flexibility index (Phi) is 8.55. The van der Waals surface area contributed by atoms with Crippen molar-refractivity contribution in [2.45, 2.75) is 26.2 Å². The minimum Gasteiger partial charge on any atom is -0.493 e. The predicted molar refractivity (Wildman–Crippen MR) is 66.9 cm³/mol. The molecule has 0 aliphatic rings. The minimum atomic E-state index is -0.250. The van der Waals surface area contributed by atoms with Crippen LogP contribution in [0.3, 0.4) is 0 Å². The van der Waals surface area contributed by atoms with Crippen LogP contribution in [0.1, 0.15) is 25.3 Å². The van der Waals surface area contributed by atoms with Gasteiger partial charge in [0, 0.05) is 0 Å². The lowest BCUT2D eigenvalue weighted by Crippen LogP contribution is -1.92. The van der Waals surface area contributed by atoms with Crippen molar-refractivity contribution in [3.05, 3.63) is 23.8 Å². The van der Waals surface area contributed by atoms with Gasteiger partial charge in [-0.05, 0) is 30.5 Å². The van der Waals surface area contributed by atoms with E-state index in [1.54, 1.807) is 14.2 Å². The van der Waals surface area contributed by atoms with Crippen molar-refractivity contribution in [1.82, 2.24) is 0 Å². The van der Waals surface area contributed by atoms with E-state index in [9.17, 15) is 0 Å². The standard InChI is InChI=1S/C12H18O2.CH2O2/c1-4-5-6-10-7-8-11(13-2)12(9-10)14-3;2-1-3/h7-9H,4-6H2,1-3H3;1H,(H,2,3). The molecule has 0 aliphatic heterocycles. The Hall–Kier alpha value is -1.71. The molecule has 0 bridgehead atoms. The second kappa shape index (κ2) is 9.51. The highest BCUT2D eigenvalue weighted by molar-refractivity contribution is 5.42. The summed E-state index contributed by atoms with van der Waals surface area (Å²) in [7, 11) is 3.32. The van der Waals surface area contributed by atoms with Gasteiger partial charge < -0.3 is 14.6 Å². The lowest BCUT2D eigenvalue weighted by Gasteiger charge is -2.09. The van der Waals surface area contributed by atoms with Crippen molar-refractivity contribution in [1.29, 1.82) is 0 Å². The smallest absolute Gasteiger partial charge is 0.290 e. The topological polar surface area (TPSA) is 55.8 Å². The van der Waals surface area contributed by atoms with E-state index < -0.39 is 0 Å². The normalized spacial score (nSPS) is 8.88. The van der Waals surface area contributed by atoms with Crippen molar-refractivity contribution in [2.75, 3.05) is 14.2 Å². The number of carbonyl (C=O) groups is 1. The number of rotatable bonds is 5. The summed E-state index contributed by atoms with van der Waals surface area (Å²) in [5.41, 5.74) is 1.31. The quantitative estimate of drug-likeness (QED) is 0.804. The Bertz CT molecular complexity index is 323. The molecule has 0 atom stereocenters. The van der Waals surface area contributed by atoms with Crippen LogP contribution in [-0.4, -0.2) is 25.8 Å². The summed E-state index contributed by atoms with van der Waals surface area (Å²) >= 11 is 0. The maximum absolute atomic E-state index is 8.36. The zero-order chi connectivity index (χ0) is 13.1. The van der Waals surface area contributed by atoms with Crippen molar-refractivity contribution >= 4 is 6.47 Å². The molecule has 0 amide bonds. The second-order valence-corrected chi connectivity index (χ2v) is 3.40. The Morgan fingerprint density at radius 1 is 1.24 bits per heavy atom. The van der Waals surface area contributed by atoms with Gasteiger partial charge in [-0.25, -0.2) is 0 Å². The molecule has 0 saturated heterocycles. The van der Waals surface area contributed by atoms with Gasteiger partial charge in [-0.15, -0.1) is 0 Å². The molecule has 1 aromatic rings. The Morgan fingerprint density at radius 2 is 1.82 bits per heavy atom. The van der Waals surface area contributed by atoms with E-state index in [2.05, 4.69) is 19.1 Å². The molecule has 17 heavy (non-hydrogen) atoms. The summed E-state index contributed by atoms with van der Waals surface area (Å²) in [4.78, 5) is 8.36. The van der Waals surface area contributed by atoms with Crippen LogP contribution >= 0.6 is 0 Å². The first-order valence-corrected chi connectivity index (χ1v) is 5.52. The summed E-state index contributed by atoms with van der Waals surface area (Å²) in [6, 6.07) is 6.11. The first-order chi connectivity index (χ1) is 8.23. The molecule has 0 heterocycles. The predicted octanol–water partition coefficient (Wildman–Crippen LogP) is 2.75. The maximum atomic E-state index is 8.36. The molecule has 4 nitrogen and oxygen atoms in total. The van der Waals surface area contributed by atoms with E-state index in [1.807, 2.05) is 6.07 Å². The van der Waals surface area contributed by atoms with E-state index in [1.165, 1.54) is 18.4 Å². The van der Waals surface area contributed by atoms with E-state index >= 15 is 0 Å². The fraction of sp³-hybridized carbons (Fsp3) is 0.462. The third-order valence-corrected chi connectivity index (χ3v) is 2.27. The van der Waals surface area contributed by atoms with Gasteiger partial charge in [0.2, 0.25) is 0 Å². The highest BCUT2D eigenvalue weighted by Gasteiger charge is 2.03. The fourth-order valence-electron chi connectivity index (χ4n) is 1.42. The van der Waals surface area contributed by atoms with Gasteiger partial charge in [-0.1, -0.05) is 19.4 Å². The lowest BCUT2D eigenvalue weighted by molar-refractivity contribution is -0.122. The third-order valence-electron chi connectivity index (χ3n) is 2.27. The fourth-order valence-corrected chi connectivity index (χ4v) is 1.42. The number of carboxylic acid groups (broad SMARTS) is 1. The van der Waals surface area contributed by atoms with Crippen LogP contribution in [0.4, 0.5) is 0 Å². The first kappa shape index (κ1) is 15.3. The van der Waals surface area contributed by atoms with Crippen LogP contribution in [0.25, 0.3) is 0 Å². The zero-order valence-electron chi connectivity index (χ0n) is 10.6. The third kappa shape index (κ3) is 5.80. The Balaban J connectivity index is 0.000000770. The molecule has 1 N–H and O–H groups in total. The highest BCUT2D eigenvalue weighted by atomic mass is 16.5. The van der Waals surface area contributed by atoms with E-state index in [-0.39, 0.29) is 6.47 Å². The average Bonchev–Trinajstić information content (AvgIpc) is 2.36. The second-order valence-electron chi connectivity index (χ2n) is 3.40. The number of aryl methyl sites for hydroxylation is 1. The van der Waals surface area contributed by atoms with Crippen LogP contribution in [0.2, 0.25) is 0 Å². The van der Waals surface area contributed by atoms with Gasteiger partial charge in [0.15, 0.2) is 11.5 Å². The van der Waals surface area contributed by atoms with Crippen molar-refractivity contribution < 1.29 is 19.4 Å². The van der Waals surface area contributed by atoms with Gasteiger partial charge in [-0.3, -0.25) is 4.79 Å². The molecule has 4 heteroatoms. The summed E-state index contributed by atoms with van der Waals surface area (Å²) in [6.07, 6.45) is 3.54. The number of unbranched alkanes of at least 4 members (excludes halogenated alkanes) is 1. The molecule has 0 radical (unpaired) electrons. The zero-order valence-corrected chi connectivity index (χ0v) is 10.6. The van der Waals surface area contributed by atoms with Crippen LogP contribution in [0.5, 0.6) is 11.5 Å². The molecule has 0 fully saturated rings. The van der Waals surface area contributed by atoms with E-state index in [4.69, 9.17) is 19.4 Å². The van der Waals surface area contributed by atoms with Gasteiger partial charge in [0.1, 0.15) is 0 Å². The SMILES string of the molecule is CCCCc1ccc(OC)c(OC)c1.O=CO. The molecule has 96 valence electrons. The number of benzene rings is 1. The van der Waals surface area contributed by atoms with Crippen LogP contribution in [-0.2, 0) is 11.2 Å². The lowest BCUT2D eigenvalue weighted by atomic mass is 10.1. The molecular formula is C13H20O4. The number of hydrogen-bond acceptors (Lipinski definition) is 3. The average molecular weight is 240 g/mol. The van der Waals surface area contributed by atoms with Gasteiger partial charge in [0.05, 0.1) is 14.2 Å². The maximum Gasteiger partial charge on any atom is 0.290 e. The molecule has 0 saturated carbocycles. The molecule has 0 spiro atoms. The minimum absolute atomic E-state index is 0.250. The number of methoxy groups -OCH3 is 2. The summed E-state index contributed by atoms with van der Waals surface area (Å²) in [5.74, 6) is 1.62. The molecule has 1 aromatic carbocycles. The molecule has 0 aliphatic carbocycles.